The SMILES string of the molecule is C.NC(=O)OC(c1ccc2c(c1)OCO2)[N+](=O)[O-]. The molecule has 1 aliphatic rings. The maximum absolute atomic E-state index is 10.7. The van der Waals surface area contributed by atoms with E-state index in [-0.39, 0.29) is 19.8 Å². The van der Waals surface area contributed by atoms with Crippen LogP contribution in [0.3, 0.4) is 0 Å². The fourth-order valence-electron chi connectivity index (χ4n) is 1.41. The van der Waals surface area contributed by atoms with Crippen LogP contribution >= 0.6 is 0 Å². The first-order chi connectivity index (χ1) is 8.08. The minimum Gasteiger partial charge on any atom is -0.454 e. The van der Waals surface area contributed by atoms with Gasteiger partial charge in [-0.05, 0) is 18.2 Å². The molecule has 1 heterocycles. The van der Waals surface area contributed by atoms with E-state index in [0.717, 1.165) is 0 Å². The zero-order valence-electron chi connectivity index (χ0n) is 8.49. The van der Waals surface area contributed by atoms with Gasteiger partial charge in [0.25, 0.3) is 0 Å². The number of carbonyl (C=O) groups excluding carboxylic acids is 1. The third kappa shape index (κ3) is 2.59. The molecule has 0 spiro atoms. The summed E-state index contributed by atoms with van der Waals surface area (Å²) in [6.45, 7) is 0.0542. The van der Waals surface area contributed by atoms with Crippen LogP contribution in [-0.4, -0.2) is 17.8 Å². The Bertz CT molecular complexity index is 475. The summed E-state index contributed by atoms with van der Waals surface area (Å²) in [4.78, 5) is 20.5. The van der Waals surface area contributed by atoms with Gasteiger partial charge >= 0.3 is 12.3 Å². The Kier molecular flexibility index (Phi) is 3.93. The number of hydrogen-bond donors (Lipinski definition) is 1. The molecule has 0 aliphatic carbocycles. The molecule has 18 heavy (non-hydrogen) atoms. The topological polar surface area (TPSA) is 114 Å². The summed E-state index contributed by atoms with van der Waals surface area (Å²) in [5.74, 6) is 0.845. The Morgan fingerprint density at radius 2 is 2.11 bits per heavy atom. The van der Waals surface area contributed by atoms with Gasteiger partial charge in [0.05, 0.1) is 10.5 Å². The van der Waals surface area contributed by atoms with Crippen LogP contribution in [0.4, 0.5) is 4.79 Å². The van der Waals surface area contributed by atoms with Crippen molar-refractivity contribution in [2.45, 2.75) is 13.7 Å². The zero-order valence-corrected chi connectivity index (χ0v) is 8.49. The third-order valence-corrected chi connectivity index (χ3v) is 2.10. The van der Waals surface area contributed by atoms with Crippen molar-refractivity contribution in [3.63, 3.8) is 0 Å². The quantitative estimate of drug-likeness (QED) is 0.497. The van der Waals surface area contributed by atoms with Gasteiger partial charge in [-0.1, -0.05) is 7.43 Å². The smallest absolute Gasteiger partial charge is 0.409 e. The second kappa shape index (κ2) is 5.21. The summed E-state index contributed by atoms with van der Waals surface area (Å²) in [6.07, 6.45) is -2.87. The first-order valence-electron chi connectivity index (χ1n) is 4.57. The van der Waals surface area contributed by atoms with Crippen molar-refractivity contribution >= 4 is 6.09 Å². The number of fused-ring (bicyclic) bond motifs is 1. The maximum Gasteiger partial charge on any atom is 0.409 e. The van der Waals surface area contributed by atoms with E-state index in [1.54, 1.807) is 0 Å². The van der Waals surface area contributed by atoms with Gasteiger partial charge in [-0.15, -0.1) is 0 Å². The fourth-order valence-corrected chi connectivity index (χ4v) is 1.41. The number of rotatable bonds is 3. The van der Waals surface area contributed by atoms with Crippen LogP contribution in [0.1, 0.15) is 19.2 Å². The molecular weight excluding hydrogens is 244 g/mol. The molecule has 98 valence electrons. The van der Waals surface area contributed by atoms with Gasteiger partial charge < -0.3 is 19.9 Å². The van der Waals surface area contributed by atoms with E-state index in [0.29, 0.717) is 11.5 Å². The molecule has 0 saturated carbocycles. The molecule has 0 aromatic heterocycles. The van der Waals surface area contributed by atoms with Crippen LogP contribution in [0.15, 0.2) is 18.2 Å². The standard InChI is InChI=1S/C9H8N2O6.CH4/c10-9(12)17-8(11(13)14)5-1-2-6-7(3-5)16-4-15-6;/h1-3,8H,4H2,(H2,10,12);1H4. The van der Waals surface area contributed by atoms with Crippen LogP contribution < -0.4 is 15.2 Å². The number of benzene rings is 1. The lowest BCUT2D eigenvalue weighted by molar-refractivity contribution is -0.574. The highest BCUT2D eigenvalue weighted by Crippen LogP contribution is 2.34. The number of nitrogens with two attached hydrogens (primary N) is 1. The number of hydrogen-bond acceptors (Lipinski definition) is 6. The third-order valence-electron chi connectivity index (χ3n) is 2.10. The lowest BCUT2D eigenvalue weighted by atomic mass is 10.2. The molecule has 0 fully saturated rings. The lowest BCUT2D eigenvalue weighted by Gasteiger charge is -2.09. The van der Waals surface area contributed by atoms with Gasteiger partial charge in [0.2, 0.25) is 6.79 Å². The Labute approximate surface area is 102 Å². The molecule has 1 aliphatic heterocycles. The summed E-state index contributed by atoms with van der Waals surface area (Å²) in [5, 5.41) is 10.7. The van der Waals surface area contributed by atoms with Crippen molar-refractivity contribution in [3.05, 3.63) is 33.9 Å². The second-order valence-corrected chi connectivity index (χ2v) is 3.19. The Morgan fingerprint density at radius 1 is 1.44 bits per heavy atom. The summed E-state index contributed by atoms with van der Waals surface area (Å²) < 4.78 is 14.5. The summed E-state index contributed by atoms with van der Waals surface area (Å²) in [6, 6.07) is 4.28. The Morgan fingerprint density at radius 3 is 2.72 bits per heavy atom. The Balaban J connectivity index is 0.00000162. The van der Waals surface area contributed by atoms with Crippen LogP contribution in [0, 0.1) is 10.1 Å². The fraction of sp³-hybridized carbons (Fsp3) is 0.300. The van der Waals surface area contributed by atoms with Crippen molar-refractivity contribution in [2.24, 2.45) is 5.73 Å². The van der Waals surface area contributed by atoms with Crippen molar-refractivity contribution in [2.75, 3.05) is 6.79 Å². The van der Waals surface area contributed by atoms with E-state index >= 15 is 0 Å². The number of nitrogens with zero attached hydrogens (tertiary/aromatic N) is 1. The molecule has 2 N–H and O–H groups in total. The van der Waals surface area contributed by atoms with E-state index in [9.17, 15) is 14.9 Å². The lowest BCUT2D eigenvalue weighted by Crippen LogP contribution is -2.22. The predicted octanol–water partition coefficient (Wildman–Crippen LogP) is 1.42. The molecule has 1 aromatic carbocycles. The highest BCUT2D eigenvalue weighted by molar-refractivity contribution is 5.65. The van der Waals surface area contributed by atoms with Crippen molar-refractivity contribution in [1.29, 1.82) is 0 Å². The Hall–Kier alpha value is -2.51. The van der Waals surface area contributed by atoms with E-state index in [2.05, 4.69) is 4.74 Å². The normalized spacial score (nSPS) is 13.3. The predicted molar refractivity (Wildman–Crippen MR) is 59.7 cm³/mol. The number of ether oxygens (including phenoxy) is 3. The summed E-state index contributed by atoms with van der Waals surface area (Å²) in [7, 11) is 0. The molecule has 1 unspecified atom stereocenters. The van der Waals surface area contributed by atoms with E-state index < -0.39 is 17.2 Å². The number of primary amides is 1. The van der Waals surface area contributed by atoms with E-state index in [1.165, 1.54) is 18.2 Å². The minimum absolute atomic E-state index is 0. The monoisotopic (exact) mass is 256 g/mol. The van der Waals surface area contributed by atoms with Crippen LogP contribution in [-0.2, 0) is 4.74 Å². The largest absolute Gasteiger partial charge is 0.454 e. The molecule has 0 saturated heterocycles. The van der Waals surface area contributed by atoms with Crippen molar-refractivity contribution < 1.29 is 23.9 Å². The first-order valence-corrected chi connectivity index (χ1v) is 4.57. The molecule has 2 rings (SSSR count). The van der Waals surface area contributed by atoms with Crippen molar-refractivity contribution in [1.82, 2.24) is 0 Å². The molecule has 8 heteroatoms. The van der Waals surface area contributed by atoms with Gasteiger partial charge in [0.15, 0.2) is 11.5 Å². The van der Waals surface area contributed by atoms with Crippen LogP contribution in [0.25, 0.3) is 0 Å². The highest BCUT2D eigenvalue weighted by Gasteiger charge is 2.28. The number of carbonyl (C=O) groups is 1. The molecular formula is C10H12N2O6. The molecule has 1 atom stereocenters. The minimum atomic E-state index is -1.65. The zero-order chi connectivity index (χ0) is 12.4. The average molecular weight is 256 g/mol. The number of amides is 1. The van der Waals surface area contributed by atoms with Crippen LogP contribution in [0.5, 0.6) is 11.5 Å². The first kappa shape index (κ1) is 13.6. The summed E-state index contributed by atoms with van der Waals surface area (Å²) >= 11 is 0. The van der Waals surface area contributed by atoms with Gasteiger partial charge in [-0.3, -0.25) is 10.1 Å². The molecule has 1 amide bonds. The van der Waals surface area contributed by atoms with E-state index in [1.807, 2.05) is 0 Å². The average Bonchev–Trinajstić information content (AvgIpc) is 2.72. The molecule has 1 aromatic rings. The number of nitro groups is 1. The van der Waals surface area contributed by atoms with Gasteiger partial charge in [-0.2, -0.15) is 0 Å². The van der Waals surface area contributed by atoms with E-state index in [4.69, 9.17) is 15.2 Å². The van der Waals surface area contributed by atoms with Gasteiger partial charge in [0.1, 0.15) is 0 Å². The van der Waals surface area contributed by atoms with Gasteiger partial charge in [-0.25, -0.2) is 4.79 Å². The maximum atomic E-state index is 10.7. The summed E-state index contributed by atoms with van der Waals surface area (Å²) in [5.41, 5.74) is 4.91. The van der Waals surface area contributed by atoms with Crippen LogP contribution in [0.2, 0.25) is 0 Å². The highest BCUT2D eigenvalue weighted by atomic mass is 16.7. The second-order valence-electron chi connectivity index (χ2n) is 3.19. The molecule has 8 nitrogen and oxygen atoms in total. The van der Waals surface area contributed by atoms with Gasteiger partial charge in [0, 0.05) is 0 Å². The molecule has 0 radical (unpaired) electrons. The molecule has 0 bridgehead atoms. The van der Waals surface area contributed by atoms with Crippen molar-refractivity contribution in [3.8, 4) is 11.5 Å².